The third-order valence-corrected chi connectivity index (χ3v) is 3.49. The van der Waals surface area contributed by atoms with E-state index in [0.29, 0.717) is 6.04 Å². The van der Waals surface area contributed by atoms with Crippen molar-refractivity contribution >= 4 is 11.8 Å². The van der Waals surface area contributed by atoms with Gasteiger partial charge in [0, 0.05) is 19.1 Å². The second-order valence-electron chi connectivity index (χ2n) is 4.21. The molecular formula is C10H22N2OS. The molecule has 0 bridgehead atoms. The van der Waals surface area contributed by atoms with Crippen molar-refractivity contribution in [1.29, 1.82) is 0 Å². The maximum absolute atomic E-state index is 9.64. The number of rotatable bonds is 5. The van der Waals surface area contributed by atoms with Crippen LogP contribution in [0.2, 0.25) is 0 Å². The summed E-state index contributed by atoms with van der Waals surface area (Å²) in [6.07, 6.45) is 2.26. The first-order valence-electron chi connectivity index (χ1n) is 5.32. The van der Waals surface area contributed by atoms with Gasteiger partial charge in [-0.05, 0) is 38.4 Å². The molecule has 0 aliphatic carbocycles. The van der Waals surface area contributed by atoms with E-state index in [-0.39, 0.29) is 6.10 Å². The molecule has 4 heteroatoms. The van der Waals surface area contributed by atoms with Crippen LogP contribution in [-0.2, 0) is 0 Å². The number of nitrogens with one attached hydrogen (secondary N) is 1. The highest BCUT2D eigenvalue weighted by Gasteiger charge is 2.14. The quantitative estimate of drug-likeness (QED) is 0.700. The van der Waals surface area contributed by atoms with E-state index in [1.807, 2.05) is 30.8 Å². The molecule has 1 atom stereocenters. The minimum atomic E-state index is -0.237. The molecule has 1 rings (SSSR count). The molecular weight excluding hydrogens is 196 g/mol. The fourth-order valence-corrected chi connectivity index (χ4v) is 2.80. The number of nitrogens with zero attached hydrogens (tertiary/aromatic N) is 1. The Kier molecular flexibility index (Phi) is 5.86. The maximum Gasteiger partial charge on any atom is 0.0791 e. The van der Waals surface area contributed by atoms with Crippen LogP contribution >= 0.6 is 11.8 Å². The molecule has 1 aliphatic heterocycles. The molecule has 1 unspecified atom stereocenters. The molecule has 84 valence electrons. The molecule has 0 radical (unpaired) electrons. The van der Waals surface area contributed by atoms with E-state index < -0.39 is 0 Å². The minimum Gasteiger partial charge on any atom is -0.390 e. The van der Waals surface area contributed by atoms with Crippen molar-refractivity contribution in [3.8, 4) is 0 Å². The summed E-state index contributed by atoms with van der Waals surface area (Å²) in [4.78, 5) is 2.02. The molecule has 0 amide bonds. The highest BCUT2D eigenvalue weighted by Crippen LogP contribution is 2.16. The Morgan fingerprint density at radius 3 is 2.64 bits per heavy atom. The van der Waals surface area contributed by atoms with Gasteiger partial charge in [-0.25, -0.2) is 0 Å². The fourth-order valence-electron chi connectivity index (χ4n) is 1.69. The fraction of sp³-hybridized carbons (Fsp3) is 1.00. The number of likely N-dealkylation sites (N-methyl/N-ethyl adjacent to an activating group) is 1. The Balaban J connectivity index is 2.06. The van der Waals surface area contributed by atoms with E-state index in [1.165, 1.54) is 24.3 Å². The zero-order valence-electron chi connectivity index (χ0n) is 9.20. The molecule has 0 aromatic heterocycles. The number of aliphatic hydroxyl groups excluding tert-OH is 1. The third kappa shape index (κ3) is 5.20. The van der Waals surface area contributed by atoms with E-state index in [4.69, 9.17) is 0 Å². The Morgan fingerprint density at radius 2 is 2.07 bits per heavy atom. The Bertz CT molecular complexity index is 149. The molecule has 3 nitrogen and oxygen atoms in total. The molecule has 0 spiro atoms. The zero-order chi connectivity index (χ0) is 10.4. The smallest absolute Gasteiger partial charge is 0.0791 e. The summed E-state index contributed by atoms with van der Waals surface area (Å²) in [5.74, 6) is 2.53. The summed E-state index contributed by atoms with van der Waals surface area (Å²) in [7, 11) is 3.97. The monoisotopic (exact) mass is 218 g/mol. The molecule has 1 saturated heterocycles. The molecule has 0 aromatic carbocycles. The summed E-state index contributed by atoms with van der Waals surface area (Å²) in [5, 5.41) is 13.1. The van der Waals surface area contributed by atoms with Crippen molar-refractivity contribution < 1.29 is 5.11 Å². The maximum atomic E-state index is 9.64. The van der Waals surface area contributed by atoms with Crippen molar-refractivity contribution in [3.05, 3.63) is 0 Å². The average Bonchev–Trinajstić information content (AvgIpc) is 2.15. The molecule has 1 fully saturated rings. The lowest BCUT2D eigenvalue weighted by molar-refractivity contribution is 0.131. The molecule has 0 aromatic rings. The van der Waals surface area contributed by atoms with Gasteiger partial charge < -0.3 is 15.3 Å². The lowest BCUT2D eigenvalue weighted by Gasteiger charge is -2.24. The molecule has 2 N–H and O–H groups in total. The molecule has 14 heavy (non-hydrogen) atoms. The number of thioether (sulfide) groups is 1. The summed E-state index contributed by atoms with van der Waals surface area (Å²) < 4.78 is 0. The van der Waals surface area contributed by atoms with Crippen LogP contribution in [0.3, 0.4) is 0 Å². The van der Waals surface area contributed by atoms with Crippen LogP contribution in [-0.4, -0.2) is 60.8 Å². The lowest BCUT2D eigenvalue weighted by atomic mass is 10.1. The topological polar surface area (TPSA) is 35.5 Å². The van der Waals surface area contributed by atoms with Gasteiger partial charge in [0.05, 0.1) is 6.10 Å². The van der Waals surface area contributed by atoms with Crippen molar-refractivity contribution in [3.63, 3.8) is 0 Å². The Labute approximate surface area is 91.2 Å². The van der Waals surface area contributed by atoms with Gasteiger partial charge in [0.25, 0.3) is 0 Å². The van der Waals surface area contributed by atoms with Crippen molar-refractivity contribution in [2.45, 2.75) is 25.0 Å². The predicted octanol–water partition coefficient (Wildman–Crippen LogP) is 0.394. The van der Waals surface area contributed by atoms with Gasteiger partial charge in [-0.3, -0.25) is 0 Å². The number of aliphatic hydroxyl groups is 1. The van der Waals surface area contributed by atoms with Gasteiger partial charge in [-0.2, -0.15) is 11.8 Å². The van der Waals surface area contributed by atoms with Crippen molar-refractivity contribution in [1.82, 2.24) is 10.2 Å². The van der Waals surface area contributed by atoms with E-state index in [2.05, 4.69) is 5.32 Å². The first-order chi connectivity index (χ1) is 6.68. The van der Waals surface area contributed by atoms with Gasteiger partial charge in [0.2, 0.25) is 0 Å². The van der Waals surface area contributed by atoms with Crippen molar-refractivity contribution in [2.75, 3.05) is 38.7 Å². The second kappa shape index (κ2) is 6.67. The molecule has 1 heterocycles. The summed E-state index contributed by atoms with van der Waals surface area (Å²) in [6.45, 7) is 1.47. The first-order valence-corrected chi connectivity index (χ1v) is 6.48. The van der Waals surface area contributed by atoms with Crippen LogP contribution in [0.1, 0.15) is 12.8 Å². The van der Waals surface area contributed by atoms with Crippen LogP contribution in [0.15, 0.2) is 0 Å². The van der Waals surface area contributed by atoms with Gasteiger partial charge in [-0.1, -0.05) is 0 Å². The highest BCUT2D eigenvalue weighted by atomic mass is 32.2. The van der Waals surface area contributed by atoms with Gasteiger partial charge in [0.1, 0.15) is 0 Å². The van der Waals surface area contributed by atoms with Crippen LogP contribution in [0.25, 0.3) is 0 Å². The molecule has 0 saturated carbocycles. The van der Waals surface area contributed by atoms with E-state index in [9.17, 15) is 5.11 Å². The van der Waals surface area contributed by atoms with Crippen LogP contribution < -0.4 is 5.32 Å². The minimum absolute atomic E-state index is 0.237. The van der Waals surface area contributed by atoms with E-state index in [0.717, 1.165) is 13.1 Å². The SMILES string of the molecule is CN(C)CC(O)CNC1CCSCC1. The third-order valence-electron chi connectivity index (χ3n) is 2.44. The van der Waals surface area contributed by atoms with Crippen LogP contribution in [0.4, 0.5) is 0 Å². The molecule has 1 aliphatic rings. The number of hydrogen-bond donors (Lipinski definition) is 2. The normalized spacial score (nSPS) is 21.4. The zero-order valence-corrected chi connectivity index (χ0v) is 10.0. The average molecular weight is 218 g/mol. The van der Waals surface area contributed by atoms with Gasteiger partial charge >= 0.3 is 0 Å². The van der Waals surface area contributed by atoms with Gasteiger partial charge in [-0.15, -0.1) is 0 Å². The predicted molar refractivity (Wildman–Crippen MR) is 62.9 cm³/mol. The summed E-state index contributed by atoms with van der Waals surface area (Å²) >= 11 is 2.03. The van der Waals surface area contributed by atoms with E-state index in [1.54, 1.807) is 0 Å². The first kappa shape index (κ1) is 12.3. The summed E-state index contributed by atoms with van der Waals surface area (Å²) in [6, 6.07) is 0.632. The largest absolute Gasteiger partial charge is 0.390 e. The number of hydrogen-bond acceptors (Lipinski definition) is 4. The van der Waals surface area contributed by atoms with Crippen LogP contribution in [0.5, 0.6) is 0 Å². The lowest BCUT2D eigenvalue weighted by Crippen LogP contribution is -2.41. The highest BCUT2D eigenvalue weighted by molar-refractivity contribution is 7.99. The second-order valence-corrected chi connectivity index (χ2v) is 5.44. The standard InChI is InChI=1S/C10H22N2OS/c1-12(2)8-10(13)7-11-9-3-5-14-6-4-9/h9-11,13H,3-8H2,1-2H3. The Hall–Kier alpha value is 0.230. The van der Waals surface area contributed by atoms with Gasteiger partial charge in [0.15, 0.2) is 0 Å². The van der Waals surface area contributed by atoms with E-state index >= 15 is 0 Å². The van der Waals surface area contributed by atoms with Crippen molar-refractivity contribution in [2.24, 2.45) is 0 Å². The van der Waals surface area contributed by atoms with Crippen LogP contribution in [0, 0.1) is 0 Å². The Morgan fingerprint density at radius 1 is 1.43 bits per heavy atom. The summed E-state index contributed by atoms with van der Waals surface area (Å²) in [5.41, 5.74) is 0.